The van der Waals surface area contributed by atoms with Gasteiger partial charge in [0.15, 0.2) is 12.0 Å². The van der Waals surface area contributed by atoms with E-state index in [0.29, 0.717) is 47.5 Å². The molecule has 1 aromatic rings. The van der Waals surface area contributed by atoms with Gasteiger partial charge in [0.1, 0.15) is 5.76 Å². The number of carbonyl (C=O) groups excluding carboxylic acids is 1. The Labute approximate surface area is 247 Å². The number of benzene rings is 1. The lowest BCUT2D eigenvalue weighted by molar-refractivity contribution is -0.186. The van der Waals surface area contributed by atoms with Crippen LogP contribution in [0.2, 0.25) is 0 Å². The quantitative estimate of drug-likeness (QED) is 0.253. The van der Waals surface area contributed by atoms with Crippen molar-refractivity contribution < 1.29 is 26.9 Å². The van der Waals surface area contributed by atoms with Gasteiger partial charge in [-0.15, -0.1) is 0 Å². The smallest absolute Gasteiger partial charge is 0.461 e. The molecule has 0 aliphatic heterocycles. The molecule has 1 aromatic carbocycles. The Morgan fingerprint density at radius 1 is 0.902 bits per heavy atom. The van der Waals surface area contributed by atoms with Crippen LogP contribution in [0, 0.1) is 51.2 Å². The van der Waals surface area contributed by atoms with Gasteiger partial charge in [0.25, 0.3) is 0 Å². The zero-order valence-electron chi connectivity index (χ0n) is 24.9. The van der Waals surface area contributed by atoms with Crippen molar-refractivity contribution in [3.05, 3.63) is 47.7 Å². The molecule has 0 radical (unpaired) electrons. The Morgan fingerprint density at radius 2 is 1.66 bits per heavy atom. The van der Waals surface area contributed by atoms with Gasteiger partial charge in [0.05, 0.1) is 12.2 Å². The Kier molecular flexibility index (Phi) is 7.35. The van der Waals surface area contributed by atoms with Gasteiger partial charge in [0, 0.05) is 10.8 Å². The Morgan fingerprint density at radius 3 is 2.39 bits per heavy atom. The Balaban J connectivity index is 1.20. The molecule has 0 aromatic heterocycles. The summed E-state index contributed by atoms with van der Waals surface area (Å²) in [6.45, 7) is 9.70. The molecular formula is C34H45F3O3S. The average Bonchev–Trinajstić information content (AvgIpc) is 3.35. The third-order valence-corrected chi connectivity index (χ3v) is 13.4. The van der Waals surface area contributed by atoms with Crippen LogP contribution in [0.3, 0.4) is 0 Å². The van der Waals surface area contributed by atoms with Crippen LogP contribution in [0.1, 0.15) is 102 Å². The summed E-state index contributed by atoms with van der Waals surface area (Å²) in [7, 11) is 0. The first-order valence-corrected chi connectivity index (χ1v) is 16.4. The normalized spacial score (nSPS) is 41.2. The zero-order chi connectivity index (χ0) is 29.3. The maximum absolute atomic E-state index is 13.0. The molecule has 6 rings (SSSR count). The van der Waals surface area contributed by atoms with E-state index >= 15 is 0 Å². The van der Waals surface area contributed by atoms with Crippen molar-refractivity contribution in [2.45, 2.75) is 97.4 Å². The highest BCUT2D eigenvalue weighted by atomic mass is 32.2. The van der Waals surface area contributed by atoms with Crippen LogP contribution in [0.15, 0.2) is 42.2 Å². The first-order valence-electron chi connectivity index (χ1n) is 15.7. The molecule has 7 heteroatoms. The number of hydrogen-bond acceptors (Lipinski definition) is 4. The van der Waals surface area contributed by atoms with Gasteiger partial charge >= 0.3 is 11.5 Å². The largest absolute Gasteiger partial charge is 0.479 e. The molecule has 4 fully saturated rings. The van der Waals surface area contributed by atoms with E-state index in [4.69, 9.17) is 8.92 Å². The minimum Gasteiger partial charge on any atom is -0.461 e. The molecule has 7 unspecified atom stereocenters. The van der Waals surface area contributed by atoms with Crippen LogP contribution in [-0.4, -0.2) is 18.1 Å². The van der Waals surface area contributed by atoms with Crippen molar-refractivity contribution in [1.82, 2.24) is 0 Å². The lowest BCUT2D eigenvalue weighted by atomic mass is 9.37. The Hall–Kier alpha value is -1.63. The van der Waals surface area contributed by atoms with Crippen LogP contribution in [-0.2, 0) is 8.92 Å². The summed E-state index contributed by atoms with van der Waals surface area (Å²) in [6.07, 6.45) is 13.2. The molecule has 5 aliphatic carbocycles. The minimum atomic E-state index is -4.41. The van der Waals surface area contributed by atoms with Gasteiger partial charge in [0.2, 0.25) is 0 Å². The zero-order valence-corrected chi connectivity index (χ0v) is 25.7. The summed E-state index contributed by atoms with van der Waals surface area (Å²) in [4.78, 5) is 12.8. The molecule has 0 saturated heterocycles. The first kappa shape index (κ1) is 29.4. The number of allylic oxidation sites excluding steroid dienone is 2. The highest BCUT2D eigenvalue weighted by Gasteiger charge is 2.66. The summed E-state index contributed by atoms with van der Waals surface area (Å²) in [5.41, 5.74) is -3.83. The second kappa shape index (κ2) is 10.2. The average molecular weight is 591 g/mol. The number of rotatable bonds is 5. The molecule has 0 spiro atoms. The molecule has 0 heterocycles. The van der Waals surface area contributed by atoms with E-state index in [1.54, 1.807) is 0 Å². The van der Waals surface area contributed by atoms with E-state index in [0.717, 1.165) is 32.1 Å². The summed E-state index contributed by atoms with van der Waals surface area (Å²) >= 11 is -0.369. The van der Waals surface area contributed by atoms with Crippen molar-refractivity contribution in [3.63, 3.8) is 0 Å². The molecule has 41 heavy (non-hydrogen) atoms. The number of esters is 1. The van der Waals surface area contributed by atoms with Crippen molar-refractivity contribution in [2.75, 3.05) is 6.61 Å². The van der Waals surface area contributed by atoms with E-state index in [1.165, 1.54) is 32.1 Å². The van der Waals surface area contributed by atoms with Crippen molar-refractivity contribution in [2.24, 2.45) is 51.2 Å². The van der Waals surface area contributed by atoms with E-state index in [2.05, 4.69) is 27.7 Å². The van der Waals surface area contributed by atoms with E-state index in [1.807, 2.05) is 36.4 Å². The molecular weight excluding hydrogens is 545 g/mol. The highest BCUT2D eigenvalue weighted by Crippen LogP contribution is 2.73. The lowest BCUT2D eigenvalue weighted by Gasteiger charge is -2.68. The maximum atomic E-state index is 13.0. The van der Waals surface area contributed by atoms with Gasteiger partial charge in [-0.1, -0.05) is 52.3 Å². The number of alkyl halides is 3. The lowest BCUT2D eigenvalue weighted by Crippen LogP contribution is -2.61. The van der Waals surface area contributed by atoms with Crippen LogP contribution >= 0.6 is 12.0 Å². The molecule has 0 N–H and O–H groups in total. The van der Waals surface area contributed by atoms with Crippen LogP contribution in [0.25, 0.3) is 0 Å². The van der Waals surface area contributed by atoms with Gasteiger partial charge in [-0.05, 0) is 116 Å². The van der Waals surface area contributed by atoms with Crippen LogP contribution in [0.4, 0.5) is 13.2 Å². The number of hydrogen-bond donors (Lipinski definition) is 0. The molecule has 0 amide bonds. The van der Waals surface area contributed by atoms with Crippen molar-refractivity contribution in [3.8, 4) is 0 Å². The molecule has 0 bridgehead atoms. The van der Waals surface area contributed by atoms with Gasteiger partial charge in [-0.2, -0.15) is 13.2 Å². The molecule has 8 atom stereocenters. The number of halogens is 3. The van der Waals surface area contributed by atoms with E-state index in [-0.39, 0.29) is 34.3 Å². The fourth-order valence-corrected chi connectivity index (χ4v) is 11.8. The second-order valence-electron chi connectivity index (χ2n) is 15.0. The molecule has 3 nitrogen and oxygen atoms in total. The van der Waals surface area contributed by atoms with Gasteiger partial charge in [-0.25, -0.2) is 4.79 Å². The fourth-order valence-electron chi connectivity index (χ4n) is 11.3. The standard InChI is InChI=1S/C34H45F3O3S/c1-30(2)26-15-18-31(3)24-14-20-33(21-39-29(38)22-9-6-5-7-10-22)17-8-11-25(33)23(24)12-13-27(31)32(26,4)19-16-28(30)40-41-34(35,36)37/h5-7,9-10,16,23-27H,8,11-15,17-21H2,1-4H3/t23?,24?,25-,26?,27?,31?,32?,33?/m1/s1. The van der Waals surface area contributed by atoms with Crippen LogP contribution in [0.5, 0.6) is 0 Å². The monoisotopic (exact) mass is 590 g/mol. The summed E-state index contributed by atoms with van der Waals surface area (Å²) in [5.74, 6) is 3.06. The van der Waals surface area contributed by atoms with E-state index in [9.17, 15) is 18.0 Å². The number of fused-ring (bicyclic) bond motifs is 7. The minimum absolute atomic E-state index is 0.0483. The first-order chi connectivity index (χ1) is 19.3. The van der Waals surface area contributed by atoms with E-state index < -0.39 is 10.9 Å². The fraction of sp³-hybridized carbons (Fsp3) is 0.735. The van der Waals surface area contributed by atoms with Gasteiger partial charge in [-0.3, -0.25) is 0 Å². The predicted molar refractivity (Wildman–Crippen MR) is 156 cm³/mol. The number of carbonyl (C=O) groups is 1. The third-order valence-electron chi connectivity index (χ3n) is 12.9. The van der Waals surface area contributed by atoms with Crippen LogP contribution < -0.4 is 0 Å². The van der Waals surface area contributed by atoms with Crippen molar-refractivity contribution >= 4 is 18.0 Å². The maximum Gasteiger partial charge on any atom is 0.479 e. The Bertz CT molecular complexity index is 1180. The van der Waals surface area contributed by atoms with Crippen molar-refractivity contribution in [1.29, 1.82) is 0 Å². The summed E-state index contributed by atoms with van der Waals surface area (Å²) < 4.78 is 50.3. The number of ether oxygens (including phenoxy) is 1. The third kappa shape index (κ3) is 4.84. The SMILES string of the molecule is CC1(C)C(OSC(F)(F)F)=CCC2(C)C1CCC1(C)C3CCC4(COC(=O)c5ccccc5)CCC[C@@H]4C3CCC12. The molecule has 226 valence electrons. The van der Waals surface area contributed by atoms with Gasteiger partial charge < -0.3 is 8.92 Å². The second-order valence-corrected chi connectivity index (χ2v) is 15.7. The molecule has 4 saturated carbocycles. The molecule has 5 aliphatic rings. The summed E-state index contributed by atoms with van der Waals surface area (Å²) in [5, 5.41) is 0. The topological polar surface area (TPSA) is 35.5 Å². The predicted octanol–water partition coefficient (Wildman–Crippen LogP) is 9.99. The highest BCUT2D eigenvalue weighted by molar-refractivity contribution is 7.95. The summed E-state index contributed by atoms with van der Waals surface area (Å²) in [6, 6.07) is 9.33.